The molecule has 0 aliphatic carbocycles. The van der Waals surface area contributed by atoms with Crippen LogP contribution in [0, 0.1) is 6.92 Å². The Hall–Kier alpha value is -2.91. The molecule has 0 fully saturated rings. The zero-order valence-electron chi connectivity index (χ0n) is 21.4. The highest BCUT2D eigenvalue weighted by atomic mass is 35.5. The molecule has 0 aliphatic rings. The predicted octanol–water partition coefficient (Wildman–Crippen LogP) is 5.14. The number of benzene rings is 2. The second-order valence-corrected chi connectivity index (χ2v) is 10.7. The number of hydrogen-bond acceptors (Lipinski definition) is 6. The molecule has 2 unspecified atom stereocenters. The molecule has 0 bridgehead atoms. The summed E-state index contributed by atoms with van der Waals surface area (Å²) in [6, 6.07) is 9.31. The number of amides is 3. The second-order valence-electron chi connectivity index (χ2n) is 9.34. The lowest BCUT2D eigenvalue weighted by Crippen LogP contribution is -2.51. The molecule has 3 amide bonds. The van der Waals surface area contributed by atoms with E-state index in [1.54, 1.807) is 45.0 Å². The average Bonchev–Trinajstić information content (AvgIpc) is 2.78. The van der Waals surface area contributed by atoms with Crippen molar-refractivity contribution in [1.82, 2.24) is 10.2 Å². The van der Waals surface area contributed by atoms with Crippen LogP contribution in [0.1, 0.15) is 44.4 Å². The van der Waals surface area contributed by atoms with Gasteiger partial charge in [0.05, 0.1) is 10.7 Å². The Morgan fingerprint density at radius 2 is 1.78 bits per heavy atom. The molecule has 0 saturated heterocycles. The molecule has 2 aromatic carbocycles. The molecule has 0 spiro atoms. The normalized spacial score (nSPS) is 12.9. The number of carbonyl (C=O) groups excluding carboxylic acids is 3. The summed E-state index contributed by atoms with van der Waals surface area (Å²) in [6.45, 7) is 7.02. The van der Waals surface area contributed by atoms with E-state index in [1.807, 2.05) is 19.2 Å². The lowest BCUT2D eigenvalue weighted by molar-refractivity contribution is -0.139. The molecular formula is C26H34ClN3O5S. The van der Waals surface area contributed by atoms with Crippen molar-refractivity contribution in [1.29, 1.82) is 0 Å². The summed E-state index contributed by atoms with van der Waals surface area (Å²) in [4.78, 5) is 40.9. The van der Waals surface area contributed by atoms with E-state index in [1.165, 1.54) is 35.8 Å². The highest BCUT2D eigenvalue weighted by molar-refractivity contribution is 7.98. The van der Waals surface area contributed by atoms with E-state index in [0.29, 0.717) is 28.4 Å². The minimum Gasteiger partial charge on any atom is -0.508 e. The van der Waals surface area contributed by atoms with E-state index in [-0.39, 0.29) is 5.75 Å². The van der Waals surface area contributed by atoms with Crippen LogP contribution in [0.2, 0.25) is 5.02 Å². The number of carbonyl (C=O) groups is 3. The van der Waals surface area contributed by atoms with Gasteiger partial charge in [-0.2, -0.15) is 11.8 Å². The van der Waals surface area contributed by atoms with E-state index in [9.17, 15) is 19.5 Å². The zero-order chi connectivity index (χ0) is 27.0. The van der Waals surface area contributed by atoms with Crippen molar-refractivity contribution >= 4 is 47.0 Å². The van der Waals surface area contributed by atoms with Gasteiger partial charge in [0.15, 0.2) is 0 Å². The summed E-state index contributed by atoms with van der Waals surface area (Å²) in [5.41, 5.74) is 0.953. The Kier molecular flexibility index (Phi) is 10.5. The van der Waals surface area contributed by atoms with E-state index in [0.717, 1.165) is 5.56 Å². The molecule has 2 aromatic rings. The number of aromatic hydroxyl groups is 1. The van der Waals surface area contributed by atoms with E-state index in [4.69, 9.17) is 16.3 Å². The Morgan fingerprint density at radius 1 is 1.14 bits per heavy atom. The number of ether oxygens (including phenoxy) is 1. The van der Waals surface area contributed by atoms with E-state index < -0.39 is 35.6 Å². The SMILES string of the molecule is CSCCC(NC(=O)OC(C)(C)C)C(=O)N(C)C(C(=O)Nc1c(C)cccc1Cl)c1ccc(O)cc1. The van der Waals surface area contributed by atoms with Crippen LogP contribution < -0.4 is 10.6 Å². The van der Waals surface area contributed by atoms with Gasteiger partial charge in [-0.25, -0.2) is 4.79 Å². The summed E-state index contributed by atoms with van der Waals surface area (Å²) in [5, 5.41) is 15.6. The number of anilines is 1. The maximum absolute atomic E-state index is 13.6. The van der Waals surface area contributed by atoms with Crippen LogP contribution in [0.25, 0.3) is 0 Å². The standard InChI is InChI=1S/C26H34ClN3O5S/c1-16-8-7-9-19(27)21(16)29-23(32)22(17-10-12-18(31)13-11-17)30(5)24(33)20(14-15-36-6)28-25(34)35-26(2,3)4/h7-13,20,22,31H,14-15H2,1-6H3,(H,28,34)(H,29,32). The van der Waals surface area contributed by atoms with Crippen molar-refractivity contribution in [2.45, 2.75) is 51.8 Å². The molecule has 196 valence electrons. The summed E-state index contributed by atoms with van der Waals surface area (Å²) in [6.07, 6.45) is 1.53. The number of phenols is 1. The fraction of sp³-hybridized carbons (Fsp3) is 0.423. The Balaban J connectivity index is 2.39. The third-order valence-corrected chi connectivity index (χ3v) is 6.22. The fourth-order valence-corrected chi connectivity index (χ4v) is 4.25. The molecule has 0 radical (unpaired) electrons. The Morgan fingerprint density at radius 3 is 2.33 bits per heavy atom. The van der Waals surface area contributed by atoms with E-state index in [2.05, 4.69) is 10.6 Å². The van der Waals surface area contributed by atoms with Crippen LogP contribution in [-0.2, 0) is 14.3 Å². The molecule has 10 heteroatoms. The van der Waals surface area contributed by atoms with Crippen molar-refractivity contribution in [3.8, 4) is 5.75 Å². The summed E-state index contributed by atoms with van der Waals surface area (Å²) in [7, 11) is 1.50. The van der Waals surface area contributed by atoms with Gasteiger partial charge in [0.25, 0.3) is 5.91 Å². The molecule has 0 saturated carbocycles. The molecule has 0 aromatic heterocycles. The molecule has 36 heavy (non-hydrogen) atoms. The van der Waals surface area contributed by atoms with Crippen LogP contribution in [0.15, 0.2) is 42.5 Å². The van der Waals surface area contributed by atoms with Crippen molar-refractivity contribution in [2.75, 3.05) is 24.4 Å². The van der Waals surface area contributed by atoms with Crippen LogP contribution in [0.4, 0.5) is 10.5 Å². The van der Waals surface area contributed by atoms with Crippen LogP contribution in [0.3, 0.4) is 0 Å². The van der Waals surface area contributed by atoms with Gasteiger partial charge in [-0.1, -0.05) is 35.9 Å². The molecule has 8 nitrogen and oxygen atoms in total. The Labute approximate surface area is 221 Å². The first-order valence-corrected chi connectivity index (χ1v) is 13.2. The third kappa shape index (κ3) is 8.34. The second kappa shape index (κ2) is 12.9. The highest BCUT2D eigenvalue weighted by Gasteiger charge is 2.34. The van der Waals surface area contributed by atoms with Gasteiger partial charge < -0.3 is 25.4 Å². The largest absolute Gasteiger partial charge is 0.508 e. The first-order chi connectivity index (χ1) is 16.8. The molecule has 2 rings (SSSR count). The molecule has 2 atom stereocenters. The number of hydrogen-bond donors (Lipinski definition) is 3. The van der Waals surface area contributed by atoms with Crippen molar-refractivity contribution in [3.05, 3.63) is 58.6 Å². The van der Waals surface area contributed by atoms with Crippen molar-refractivity contribution in [2.24, 2.45) is 0 Å². The fourth-order valence-electron chi connectivity index (χ4n) is 3.51. The number of nitrogens with one attached hydrogen (secondary N) is 2. The van der Waals surface area contributed by atoms with Gasteiger partial charge in [-0.05, 0) is 75.5 Å². The molecular weight excluding hydrogens is 502 g/mol. The van der Waals surface area contributed by atoms with Crippen molar-refractivity contribution < 1.29 is 24.2 Å². The number of phenolic OH excluding ortho intramolecular Hbond substituents is 1. The maximum atomic E-state index is 13.6. The average molecular weight is 536 g/mol. The summed E-state index contributed by atoms with van der Waals surface area (Å²) in [5.74, 6) is -0.319. The number of alkyl carbamates (subject to hydrolysis) is 1. The van der Waals surface area contributed by atoms with Gasteiger partial charge in [0.2, 0.25) is 5.91 Å². The lowest BCUT2D eigenvalue weighted by Gasteiger charge is -2.32. The van der Waals surface area contributed by atoms with Gasteiger partial charge >= 0.3 is 6.09 Å². The number of halogens is 1. The third-order valence-electron chi connectivity index (χ3n) is 5.26. The minimum atomic E-state index is -1.06. The van der Waals surface area contributed by atoms with Crippen LogP contribution in [-0.4, -0.2) is 58.6 Å². The predicted molar refractivity (Wildman–Crippen MR) is 145 cm³/mol. The number of nitrogens with zero attached hydrogens (tertiary/aromatic N) is 1. The monoisotopic (exact) mass is 535 g/mol. The minimum absolute atomic E-state index is 0.0262. The van der Waals surface area contributed by atoms with Gasteiger partial charge in [0, 0.05) is 7.05 Å². The number of rotatable bonds is 9. The molecule has 0 heterocycles. The quantitative estimate of drug-likeness (QED) is 0.410. The smallest absolute Gasteiger partial charge is 0.408 e. The van der Waals surface area contributed by atoms with Gasteiger partial charge in [0.1, 0.15) is 23.4 Å². The first kappa shape index (κ1) is 29.3. The highest BCUT2D eigenvalue weighted by Crippen LogP contribution is 2.29. The number of thioether (sulfide) groups is 1. The van der Waals surface area contributed by atoms with Gasteiger partial charge in [-0.3, -0.25) is 9.59 Å². The van der Waals surface area contributed by atoms with Crippen LogP contribution in [0.5, 0.6) is 5.75 Å². The molecule has 0 aliphatic heterocycles. The number of aryl methyl sites for hydroxylation is 1. The maximum Gasteiger partial charge on any atom is 0.408 e. The first-order valence-electron chi connectivity index (χ1n) is 11.4. The summed E-state index contributed by atoms with van der Waals surface area (Å²) >= 11 is 7.85. The number of likely N-dealkylation sites (N-methyl/N-ethyl adjacent to an activating group) is 1. The topological polar surface area (TPSA) is 108 Å². The van der Waals surface area contributed by atoms with Crippen LogP contribution >= 0.6 is 23.4 Å². The summed E-state index contributed by atoms with van der Waals surface area (Å²) < 4.78 is 5.34. The number of para-hydroxylation sites is 1. The Bertz CT molecular complexity index is 1050. The lowest BCUT2D eigenvalue weighted by atomic mass is 10.0. The molecule has 3 N–H and O–H groups in total. The zero-order valence-corrected chi connectivity index (χ0v) is 23.0. The van der Waals surface area contributed by atoms with E-state index >= 15 is 0 Å². The van der Waals surface area contributed by atoms with Gasteiger partial charge in [-0.15, -0.1) is 0 Å². The van der Waals surface area contributed by atoms with Crippen molar-refractivity contribution in [3.63, 3.8) is 0 Å².